The fourth-order valence-electron chi connectivity index (χ4n) is 4.37. The Morgan fingerprint density at radius 3 is 2.26 bits per heavy atom. The Hall–Kier alpha value is -0.300. The Balaban J connectivity index is 0.000000861. The van der Waals surface area contributed by atoms with Gasteiger partial charge in [-0.3, -0.25) is 0 Å². The average molecular weight is 265 g/mol. The Bertz CT molecular complexity index is 303. The van der Waals surface area contributed by atoms with Crippen molar-refractivity contribution in [2.24, 2.45) is 11.3 Å². The molecular formula is C18H35N. The highest BCUT2D eigenvalue weighted by Gasteiger charge is 2.39. The smallest absolute Gasteiger partial charge is 0.00134 e. The van der Waals surface area contributed by atoms with Crippen molar-refractivity contribution in [3.05, 3.63) is 11.1 Å². The molecule has 1 spiro atoms. The van der Waals surface area contributed by atoms with E-state index in [1.165, 1.54) is 51.6 Å². The molecule has 0 aromatic heterocycles. The molecule has 0 aromatic rings. The summed E-state index contributed by atoms with van der Waals surface area (Å²) in [7, 11) is 2.29. The van der Waals surface area contributed by atoms with Crippen molar-refractivity contribution in [2.75, 3.05) is 20.1 Å². The molecule has 1 aliphatic heterocycles. The van der Waals surface area contributed by atoms with Gasteiger partial charge in [0.1, 0.15) is 0 Å². The molecule has 1 atom stereocenters. The molecule has 1 heteroatoms. The summed E-state index contributed by atoms with van der Waals surface area (Å²) in [6.45, 7) is 13.8. The molecule has 1 fully saturated rings. The number of hydrogen-bond acceptors (Lipinski definition) is 1. The van der Waals surface area contributed by atoms with Crippen molar-refractivity contribution in [2.45, 2.75) is 73.1 Å². The van der Waals surface area contributed by atoms with Gasteiger partial charge in [-0.25, -0.2) is 0 Å². The van der Waals surface area contributed by atoms with Gasteiger partial charge in [0.05, 0.1) is 0 Å². The van der Waals surface area contributed by atoms with Gasteiger partial charge in [-0.15, -0.1) is 0 Å². The van der Waals surface area contributed by atoms with Gasteiger partial charge in [0.15, 0.2) is 0 Å². The van der Waals surface area contributed by atoms with E-state index in [2.05, 4.69) is 32.7 Å². The highest BCUT2D eigenvalue weighted by atomic mass is 15.1. The van der Waals surface area contributed by atoms with Crippen molar-refractivity contribution >= 4 is 0 Å². The van der Waals surface area contributed by atoms with E-state index in [1.54, 1.807) is 5.57 Å². The standard InChI is InChI=1S/C16H29N.C2H6/c1-13(2)15-14(3)7-5-8-16(15)9-6-11-17(4)12-10-16;1-2/h13H,5-12H2,1-4H3;1-2H3. The van der Waals surface area contributed by atoms with E-state index in [9.17, 15) is 0 Å². The van der Waals surface area contributed by atoms with E-state index < -0.39 is 0 Å². The van der Waals surface area contributed by atoms with Gasteiger partial charge in [-0.1, -0.05) is 38.8 Å². The first-order valence-corrected chi connectivity index (χ1v) is 8.44. The molecule has 0 saturated carbocycles. The summed E-state index contributed by atoms with van der Waals surface area (Å²) in [5.74, 6) is 0.749. The first kappa shape index (κ1) is 16.8. The molecule has 0 N–H and O–H groups in total. The lowest BCUT2D eigenvalue weighted by Crippen LogP contribution is -2.31. The first-order valence-electron chi connectivity index (χ1n) is 8.44. The van der Waals surface area contributed by atoms with Crippen molar-refractivity contribution in [1.29, 1.82) is 0 Å². The van der Waals surface area contributed by atoms with Crippen molar-refractivity contribution < 1.29 is 0 Å². The zero-order chi connectivity index (χ0) is 14.5. The Kier molecular flexibility index (Phi) is 6.59. The van der Waals surface area contributed by atoms with Crippen LogP contribution in [-0.2, 0) is 0 Å². The van der Waals surface area contributed by atoms with E-state index >= 15 is 0 Å². The van der Waals surface area contributed by atoms with Gasteiger partial charge >= 0.3 is 0 Å². The van der Waals surface area contributed by atoms with Crippen LogP contribution in [0.25, 0.3) is 0 Å². The highest BCUT2D eigenvalue weighted by Crippen LogP contribution is 2.50. The second-order valence-electron chi connectivity index (χ2n) is 6.64. The second kappa shape index (κ2) is 7.47. The fourth-order valence-corrected chi connectivity index (χ4v) is 4.37. The zero-order valence-electron chi connectivity index (χ0n) is 14.2. The maximum atomic E-state index is 2.52. The highest BCUT2D eigenvalue weighted by molar-refractivity contribution is 5.26. The minimum absolute atomic E-state index is 0.571. The molecule has 112 valence electrons. The number of allylic oxidation sites excluding steroid dienone is 2. The monoisotopic (exact) mass is 265 g/mol. The van der Waals surface area contributed by atoms with Crippen molar-refractivity contribution in [1.82, 2.24) is 4.90 Å². The van der Waals surface area contributed by atoms with E-state index in [4.69, 9.17) is 0 Å². The van der Waals surface area contributed by atoms with Crippen LogP contribution < -0.4 is 0 Å². The normalized spacial score (nSPS) is 29.2. The van der Waals surface area contributed by atoms with Gasteiger partial charge in [0.2, 0.25) is 0 Å². The van der Waals surface area contributed by atoms with Crippen LogP contribution in [0.5, 0.6) is 0 Å². The lowest BCUT2D eigenvalue weighted by molar-refractivity contribution is 0.232. The zero-order valence-corrected chi connectivity index (χ0v) is 14.2. The molecule has 1 aliphatic carbocycles. The molecule has 19 heavy (non-hydrogen) atoms. The van der Waals surface area contributed by atoms with E-state index in [-0.39, 0.29) is 0 Å². The van der Waals surface area contributed by atoms with Gasteiger partial charge in [-0.05, 0) is 76.9 Å². The quantitative estimate of drug-likeness (QED) is 0.584. The predicted molar refractivity (Wildman–Crippen MR) is 86.5 cm³/mol. The number of hydrogen-bond donors (Lipinski definition) is 0. The first-order chi connectivity index (χ1) is 9.05. The molecule has 0 amide bonds. The maximum Gasteiger partial charge on any atom is -0.00134 e. The fraction of sp³-hybridized carbons (Fsp3) is 0.889. The molecule has 0 radical (unpaired) electrons. The predicted octanol–water partition coefficient (Wildman–Crippen LogP) is 5.27. The number of nitrogens with zero attached hydrogens (tertiary/aromatic N) is 1. The van der Waals surface area contributed by atoms with Crippen LogP contribution in [0, 0.1) is 11.3 Å². The summed E-state index contributed by atoms with van der Waals surface area (Å²) >= 11 is 0. The third-order valence-electron chi connectivity index (χ3n) is 4.98. The van der Waals surface area contributed by atoms with Gasteiger partial charge in [0, 0.05) is 0 Å². The number of likely N-dealkylation sites (tertiary alicyclic amines) is 1. The minimum atomic E-state index is 0.571. The van der Waals surface area contributed by atoms with Gasteiger partial charge < -0.3 is 4.90 Å². The Morgan fingerprint density at radius 2 is 1.63 bits per heavy atom. The minimum Gasteiger partial charge on any atom is -0.306 e. The number of rotatable bonds is 1. The molecule has 0 aromatic carbocycles. The summed E-state index contributed by atoms with van der Waals surface area (Å²) in [5.41, 5.74) is 4.12. The average Bonchev–Trinajstić information content (AvgIpc) is 2.55. The third-order valence-corrected chi connectivity index (χ3v) is 4.98. The topological polar surface area (TPSA) is 3.24 Å². The summed E-state index contributed by atoms with van der Waals surface area (Å²) in [5, 5.41) is 0. The summed E-state index contributed by atoms with van der Waals surface area (Å²) in [4.78, 5) is 2.52. The molecule has 0 bridgehead atoms. The van der Waals surface area contributed by atoms with Gasteiger partial charge in [-0.2, -0.15) is 0 Å². The molecule has 1 unspecified atom stereocenters. The SMILES string of the molecule is CC.CC1=C(C(C)C)C2(CCC1)CCCN(C)CC2. The van der Waals surface area contributed by atoms with Crippen molar-refractivity contribution in [3.8, 4) is 0 Å². The van der Waals surface area contributed by atoms with E-state index in [0.29, 0.717) is 5.41 Å². The summed E-state index contributed by atoms with van der Waals surface area (Å²) in [6, 6.07) is 0. The van der Waals surface area contributed by atoms with Crippen LogP contribution in [-0.4, -0.2) is 25.0 Å². The van der Waals surface area contributed by atoms with Crippen LogP contribution in [0.2, 0.25) is 0 Å². The van der Waals surface area contributed by atoms with Crippen LogP contribution in [0.3, 0.4) is 0 Å². The lowest BCUT2D eigenvalue weighted by atomic mass is 9.63. The Labute approximate surface area is 121 Å². The third kappa shape index (κ3) is 3.84. The Morgan fingerprint density at radius 1 is 1.00 bits per heavy atom. The van der Waals surface area contributed by atoms with Gasteiger partial charge in [0.25, 0.3) is 0 Å². The summed E-state index contributed by atoms with van der Waals surface area (Å²) in [6.07, 6.45) is 8.44. The maximum absolute atomic E-state index is 2.52. The molecule has 2 aliphatic rings. The van der Waals surface area contributed by atoms with Crippen LogP contribution in [0.15, 0.2) is 11.1 Å². The van der Waals surface area contributed by atoms with E-state index in [0.717, 1.165) is 5.92 Å². The largest absolute Gasteiger partial charge is 0.306 e. The van der Waals surface area contributed by atoms with E-state index in [1.807, 2.05) is 19.4 Å². The lowest BCUT2D eigenvalue weighted by Gasteiger charge is -2.42. The van der Waals surface area contributed by atoms with Crippen LogP contribution >= 0.6 is 0 Å². The molecule has 1 nitrogen and oxygen atoms in total. The second-order valence-corrected chi connectivity index (χ2v) is 6.64. The molecular weight excluding hydrogens is 230 g/mol. The van der Waals surface area contributed by atoms with Crippen molar-refractivity contribution in [3.63, 3.8) is 0 Å². The molecule has 1 saturated heterocycles. The molecule has 1 heterocycles. The summed E-state index contributed by atoms with van der Waals surface area (Å²) < 4.78 is 0. The molecule has 2 rings (SSSR count). The van der Waals surface area contributed by atoms with Crippen LogP contribution in [0.1, 0.15) is 73.1 Å². The van der Waals surface area contributed by atoms with Crippen LogP contribution in [0.4, 0.5) is 0 Å².